The standard InChI is InChI=1S/C13H22O2/c1-13(2,3)11-7-5-10(6-8-11)9-12(14)15-4/h9,11H,5-8H2,1-4H3. The molecular weight excluding hydrogens is 188 g/mol. The van der Waals surface area contributed by atoms with Crippen molar-refractivity contribution in [1.29, 1.82) is 0 Å². The van der Waals surface area contributed by atoms with E-state index in [1.54, 1.807) is 6.08 Å². The van der Waals surface area contributed by atoms with E-state index in [4.69, 9.17) is 0 Å². The van der Waals surface area contributed by atoms with Gasteiger partial charge >= 0.3 is 5.97 Å². The van der Waals surface area contributed by atoms with Crippen LogP contribution in [0.4, 0.5) is 0 Å². The van der Waals surface area contributed by atoms with Gasteiger partial charge in [0.25, 0.3) is 0 Å². The fraction of sp³-hybridized carbons (Fsp3) is 0.769. The van der Waals surface area contributed by atoms with Gasteiger partial charge in [0.15, 0.2) is 0 Å². The molecule has 0 atom stereocenters. The average molecular weight is 210 g/mol. The maximum atomic E-state index is 11.1. The molecule has 2 nitrogen and oxygen atoms in total. The van der Waals surface area contributed by atoms with Crippen molar-refractivity contribution >= 4 is 5.97 Å². The molecule has 86 valence electrons. The normalized spacial score (nSPS) is 22.4. The van der Waals surface area contributed by atoms with Gasteiger partial charge in [0.05, 0.1) is 7.11 Å². The van der Waals surface area contributed by atoms with Gasteiger partial charge in [-0.05, 0) is 37.0 Å². The molecule has 0 aliphatic heterocycles. The molecule has 1 rings (SSSR count). The Morgan fingerprint density at radius 1 is 1.33 bits per heavy atom. The summed E-state index contributed by atoms with van der Waals surface area (Å²) in [6.07, 6.45) is 6.17. The number of ether oxygens (including phenoxy) is 1. The van der Waals surface area contributed by atoms with Crippen molar-refractivity contribution < 1.29 is 9.53 Å². The number of allylic oxidation sites excluding steroid dienone is 1. The number of carbonyl (C=O) groups excluding carboxylic acids is 1. The van der Waals surface area contributed by atoms with E-state index >= 15 is 0 Å². The second-order valence-corrected chi connectivity index (χ2v) is 5.47. The van der Waals surface area contributed by atoms with Crippen LogP contribution in [0, 0.1) is 11.3 Å². The third-order valence-electron chi connectivity index (χ3n) is 3.38. The van der Waals surface area contributed by atoms with Gasteiger partial charge in [0.1, 0.15) is 0 Å². The fourth-order valence-corrected chi connectivity index (χ4v) is 2.22. The van der Waals surface area contributed by atoms with Gasteiger partial charge in [-0.2, -0.15) is 0 Å². The zero-order valence-corrected chi connectivity index (χ0v) is 10.3. The number of carbonyl (C=O) groups is 1. The first-order valence-electron chi connectivity index (χ1n) is 5.71. The van der Waals surface area contributed by atoms with Crippen molar-refractivity contribution in [3.63, 3.8) is 0 Å². The summed E-state index contributed by atoms with van der Waals surface area (Å²) in [5.74, 6) is 0.575. The van der Waals surface area contributed by atoms with Crippen molar-refractivity contribution in [2.24, 2.45) is 11.3 Å². The van der Waals surface area contributed by atoms with Crippen LogP contribution in [-0.4, -0.2) is 13.1 Å². The van der Waals surface area contributed by atoms with Crippen LogP contribution in [0.15, 0.2) is 11.6 Å². The van der Waals surface area contributed by atoms with Crippen LogP contribution in [0.3, 0.4) is 0 Å². The van der Waals surface area contributed by atoms with Crippen molar-refractivity contribution in [2.75, 3.05) is 7.11 Å². The van der Waals surface area contributed by atoms with E-state index in [-0.39, 0.29) is 5.97 Å². The Hall–Kier alpha value is -0.790. The molecule has 0 unspecified atom stereocenters. The summed E-state index contributed by atoms with van der Waals surface area (Å²) >= 11 is 0. The topological polar surface area (TPSA) is 26.3 Å². The summed E-state index contributed by atoms with van der Waals surface area (Å²) in [7, 11) is 1.43. The van der Waals surface area contributed by atoms with E-state index in [0.29, 0.717) is 5.41 Å². The molecule has 0 saturated heterocycles. The van der Waals surface area contributed by atoms with Gasteiger partial charge in [-0.25, -0.2) is 4.79 Å². The molecule has 0 amide bonds. The van der Waals surface area contributed by atoms with Crippen LogP contribution >= 0.6 is 0 Å². The Bertz CT molecular complexity index is 248. The van der Waals surface area contributed by atoms with Gasteiger partial charge in [-0.15, -0.1) is 0 Å². The molecule has 1 aliphatic rings. The molecule has 0 bridgehead atoms. The van der Waals surface area contributed by atoms with E-state index in [1.807, 2.05) is 0 Å². The maximum absolute atomic E-state index is 11.1. The van der Waals surface area contributed by atoms with Crippen LogP contribution in [-0.2, 0) is 9.53 Å². The zero-order chi connectivity index (χ0) is 11.5. The van der Waals surface area contributed by atoms with Crippen molar-refractivity contribution in [3.8, 4) is 0 Å². The molecule has 0 heterocycles. The second-order valence-electron chi connectivity index (χ2n) is 5.47. The summed E-state index contributed by atoms with van der Waals surface area (Å²) in [5.41, 5.74) is 1.65. The molecular formula is C13H22O2. The zero-order valence-electron chi connectivity index (χ0n) is 10.3. The monoisotopic (exact) mass is 210 g/mol. The van der Waals surface area contributed by atoms with Crippen LogP contribution in [0.1, 0.15) is 46.5 Å². The summed E-state index contributed by atoms with van der Waals surface area (Å²) in [6.45, 7) is 6.89. The van der Waals surface area contributed by atoms with Gasteiger partial charge < -0.3 is 4.74 Å². The third-order valence-corrected chi connectivity index (χ3v) is 3.38. The van der Waals surface area contributed by atoms with Gasteiger partial charge in [-0.1, -0.05) is 26.3 Å². The summed E-state index contributed by atoms with van der Waals surface area (Å²) in [5, 5.41) is 0. The number of rotatable bonds is 1. The van der Waals surface area contributed by atoms with Gasteiger partial charge in [0, 0.05) is 6.08 Å². The minimum Gasteiger partial charge on any atom is -0.466 e. The molecule has 0 aromatic heterocycles. The van der Waals surface area contributed by atoms with E-state index < -0.39 is 0 Å². The van der Waals surface area contributed by atoms with E-state index in [0.717, 1.165) is 18.8 Å². The summed E-state index contributed by atoms with van der Waals surface area (Å²) in [4.78, 5) is 11.1. The Labute approximate surface area is 92.7 Å². The molecule has 0 aromatic carbocycles. The number of methoxy groups -OCH3 is 1. The lowest BCUT2D eigenvalue weighted by Gasteiger charge is -2.34. The first-order valence-corrected chi connectivity index (χ1v) is 5.71. The largest absolute Gasteiger partial charge is 0.466 e. The highest BCUT2D eigenvalue weighted by molar-refractivity contribution is 5.82. The molecule has 1 fully saturated rings. The van der Waals surface area contributed by atoms with Crippen molar-refractivity contribution in [3.05, 3.63) is 11.6 Å². The number of hydrogen-bond donors (Lipinski definition) is 0. The molecule has 1 aliphatic carbocycles. The predicted octanol–water partition coefficient (Wildman–Crippen LogP) is 3.32. The van der Waals surface area contributed by atoms with E-state index in [2.05, 4.69) is 25.5 Å². The number of hydrogen-bond acceptors (Lipinski definition) is 2. The molecule has 0 radical (unpaired) electrons. The quantitative estimate of drug-likeness (QED) is 0.490. The lowest BCUT2D eigenvalue weighted by molar-refractivity contribution is -0.134. The third kappa shape index (κ3) is 3.69. The highest BCUT2D eigenvalue weighted by Crippen LogP contribution is 2.39. The smallest absolute Gasteiger partial charge is 0.330 e. The molecule has 0 spiro atoms. The van der Waals surface area contributed by atoms with E-state index in [9.17, 15) is 4.79 Å². The maximum Gasteiger partial charge on any atom is 0.330 e. The van der Waals surface area contributed by atoms with Crippen LogP contribution in [0.2, 0.25) is 0 Å². The SMILES string of the molecule is COC(=O)C=C1CCC(C(C)(C)C)CC1. The molecule has 15 heavy (non-hydrogen) atoms. The first-order chi connectivity index (χ1) is 6.93. The van der Waals surface area contributed by atoms with Crippen molar-refractivity contribution in [1.82, 2.24) is 0 Å². The minimum atomic E-state index is -0.209. The highest BCUT2D eigenvalue weighted by atomic mass is 16.5. The predicted molar refractivity (Wildman–Crippen MR) is 61.5 cm³/mol. The second kappa shape index (κ2) is 4.82. The van der Waals surface area contributed by atoms with Gasteiger partial charge in [-0.3, -0.25) is 0 Å². The Morgan fingerprint density at radius 3 is 2.27 bits per heavy atom. The lowest BCUT2D eigenvalue weighted by atomic mass is 9.71. The Morgan fingerprint density at radius 2 is 1.87 bits per heavy atom. The average Bonchev–Trinajstić information content (AvgIpc) is 2.17. The molecule has 2 heteroatoms. The Kier molecular flexibility index (Phi) is 3.95. The molecule has 1 saturated carbocycles. The van der Waals surface area contributed by atoms with Crippen LogP contribution in [0.25, 0.3) is 0 Å². The summed E-state index contributed by atoms with van der Waals surface area (Å²) < 4.78 is 4.63. The number of esters is 1. The Balaban J connectivity index is 2.49. The molecule has 0 aromatic rings. The fourth-order valence-electron chi connectivity index (χ4n) is 2.22. The minimum absolute atomic E-state index is 0.209. The van der Waals surface area contributed by atoms with Gasteiger partial charge in [0.2, 0.25) is 0 Å². The summed E-state index contributed by atoms with van der Waals surface area (Å²) in [6, 6.07) is 0. The van der Waals surface area contributed by atoms with Crippen LogP contribution in [0.5, 0.6) is 0 Å². The van der Waals surface area contributed by atoms with E-state index in [1.165, 1.54) is 25.5 Å². The lowest BCUT2D eigenvalue weighted by Crippen LogP contribution is -2.23. The highest BCUT2D eigenvalue weighted by Gasteiger charge is 2.27. The van der Waals surface area contributed by atoms with Crippen LogP contribution < -0.4 is 0 Å². The first kappa shape index (κ1) is 12.3. The molecule has 0 N–H and O–H groups in total. The van der Waals surface area contributed by atoms with Crippen molar-refractivity contribution in [2.45, 2.75) is 46.5 Å².